The first-order valence-electron chi connectivity index (χ1n) is 11.3. The average Bonchev–Trinajstić information content (AvgIpc) is 3.24. The van der Waals surface area contributed by atoms with E-state index in [-0.39, 0.29) is 11.8 Å². The molecule has 5 rings (SSSR count). The van der Waals surface area contributed by atoms with Crippen LogP contribution in [0.4, 0.5) is 17.2 Å². The molecule has 2 aliphatic rings. The predicted molar refractivity (Wildman–Crippen MR) is 128 cm³/mol. The molecular weight excluding hydrogens is 434 g/mol. The Kier molecular flexibility index (Phi) is 5.75. The number of benzene rings is 2. The van der Waals surface area contributed by atoms with Crippen LogP contribution in [0.2, 0.25) is 0 Å². The van der Waals surface area contributed by atoms with E-state index in [0.717, 1.165) is 30.8 Å². The van der Waals surface area contributed by atoms with Gasteiger partial charge in [-0.3, -0.25) is 14.4 Å². The number of hydrogen-bond acceptors (Lipinski definition) is 5. The second-order valence-corrected chi connectivity index (χ2v) is 8.27. The Balaban J connectivity index is 1.48. The molecule has 0 spiro atoms. The summed E-state index contributed by atoms with van der Waals surface area (Å²) in [5.74, 6) is 1.01. The largest absolute Gasteiger partial charge is 0.497 e. The van der Waals surface area contributed by atoms with Crippen molar-refractivity contribution in [3.8, 4) is 11.4 Å². The van der Waals surface area contributed by atoms with Crippen LogP contribution in [-0.4, -0.2) is 48.2 Å². The number of piperidine rings is 1. The van der Waals surface area contributed by atoms with Crippen LogP contribution in [-0.2, 0) is 16.0 Å². The predicted octanol–water partition coefficient (Wildman–Crippen LogP) is 3.17. The van der Waals surface area contributed by atoms with E-state index in [1.807, 2.05) is 36.4 Å². The standard InChI is InChI=1S/C25H25N5O4/c1-34-20-11-9-19(10-12-20)30-23-21(24(27-30)26-16-31)13-15-29(25(23)33)18-7-5-17(6-8-18)28-14-3-2-4-22(28)32/h5-12,16H,2-4,13-15H2,1H3,(H,26,27,31). The molecule has 0 atom stereocenters. The Morgan fingerprint density at radius 2 is 1.56 bits per heavy atom. The smallest absolute Gasteiger partial charge is 0.277 e. The van der Waals surface area contributed by atoms with E-state index in [1.54, 1.807) is 33.7 Å². The number of nitrogens with one attached hydrogen (secondary N) is 1. The molecule has 0 radical (unpaired) electrons. The van der Waals surface area contributed by atoms with E-state index in [2.05, 4.69) is 10.4 Å². The molecule has 174 valence electrons. The zero-order valence-corrected chi connectivity index (χ0v) is 18.9. The van der Waals surface area contributed by atoms with Crippen LogP contribution in [0, 0.1) is 0 Å². The Morgan fingerprint density at radius 3 is 2.21 bits per heavy atom. The van der Waals surface area contributed by atoms with Gasteiger partial charge in [0.15, 0.2) is 5.82 Å². The fourth-order valence-corrected chi connectivity index (χ4v) is 4.58. The summed E-state index contributed by atoms with van der Waals surface area (Å²) in [6, 6.07) is 14.7. The van der Waals surface area contributed by atoms with Gasteiger partial charge < -0.3 is 19.9 Å². The number of fused-ring (bicyclic) bond motifs is 1. The van der Waals surface area contributed by atoms with Crippen LogP contribution in [0.1, 0.15) is 35.3 Å². The SMILES string of the molecule is COc1ccc(-n2nc(NC=O)c3c2C(=O)N(c2ccc(N4CCCCC4=O)cc2)CC3)cc1. The van der Waals surface area contributed by atoms with Gasteiger partial charge in [0.1, 0.15) is 11.4 Å². The van der Waals surface area contributed by atoms with E-state index < -0.39 is 0 Å². The molecule has 3 aromatic rings. The van der Waals surface area contributed by atoms with Crippen molar-refractivity contribution in [3.05, 3.63) is 59.8 Å². The quantitative estimate of drug-likeness (QED) is 0.571. The van der Waals surface area contributed by atoms with Crippen LogP contribution >= 0.6 is 0 Å². The molecule has 3 amide bonds. The van der Waals surface area contributed by atoms with Gasteiger partial charge in [-0.15, -0.1) is 5.10 Å². The number of anilines is 3. The molecule has 9 heteroatoms. The summed E-state index contributed by atoms with van der Waals surface area (Å²) in [6.07, 6.45) is 3.61. The number of carbonyl (C=O) groups excluding carboxylic acids is 3. The maximum absolute atomic E-state index is 13.7. The molecule has 1 fully saturated rings. The minimum absolute atomic E-state index is 0.135. The third kappa shape index (κ3) is 3.79. The van der Waals surface area contributed by atoms with Gasteiger partial charge in [-0.2, -0.15) is 0 Å². The highest BCUT2D eigenvalue weighted by Gasteiger charge is 2.33. The van der Waals surface area contributed by atoms with E-state index >= 15 is 0 Å². The van der Waals surface area contributed by atoms with Gasteiger partial charge >= 0.3 is 0 Å². The lowest BCUT2D eigenvalue weighted by Gasteiger charge is -2.29. The molecule has 3 heterocycles. The number of rotatable bonds is 6. The van der Waals surface area contributed by atoms with Crippen LogP contribution in [0.5, 0.6) is 5.75 Å². The number of amides is 3. The molecular formula is C25H25N5O4. The molecule has 0 unspecified atom stereocenters. The highest BCUT2D eigenvalue weighted by molar-refractivity contribution is 6.08. The van der Waals surface area contributed by atoms with E-state index in [9.17, 15) is 14.4 Å². The van der Waals surface area contributed by atoms with E-state index in [4.69, 9.17) is 4.74 Å². The third-order valence-electron chi connectivity index (χ3n) is 6.33. The van der Waals surface area contributed by atoms with Crippen molar-refractivity contribution in [3.63, 3.8) is 0 Å². The first-order chi connectivity index (χ1) is 16.6. The van der Waals surface area contributed by atoms with Crippen molar-refractivity contribution >= 4 is 35.4 Å². The number of methoxy groups -OCH3 is 1. The molecule has 0 bridgehead atoms. The Morgan fingerprint density at radius 1 is 0.882 bits per heavy atom. The zero-order chi connectivity index (χ0) is 23.7. The van der Waals surface area contributed by atoms with Crippen molar-refractivity contribution < 1.29 is 19.1 Å². The second kappa shape index (κ2) is 9.01. The molecule has 34 heavy (non-hydrogen) atoms. The topological polar surface area (TPSA) is 96.8 Å². The fraction of sp³-hybridized carbons (Fsp3) is 0.280. The number of aromatic nitrogens is 2. The minimum atomic E-state index is -0.203. The molecule has 9 nitrogen and oxygen atoms in total. The summed E-state index contributed by atoms with van der Waals surface area (Å²) >= 11 is 0. The number of carbonyl (C=O) groups is 3. The van der Waals surface area contributed by atoms with Gasteiger partial charge in [0, 0.05) is 36.4 Å². The lowest BCUT2D eigenvalue weighted by atomic mass is 10.0. The molecule has 2 aliphatic heterocycles. The first kappa shape index (κ1) is 21.7. The minimum Gasteiger partial charge on any atom is -0.497 e. The molecule has 1 N–H and O–H groups in total. The average molecular weight is 460 g/mol. The fourth-order valence-electron chi connectivity index (χ4n) is 4.58. The maximum atomic E-state index is 13.7. The van der Waals surface area contributed by atoms with Gasteiger partial charge in [-0.1, -0.05) is 0 Å². The maximum Gasteiger partial charge on any atom is 0.277 e. The lowest BCUT2D eigenvalue weighted by Crippen LogP contribution is -2.39. The van der Waals surface area contributed by atoms with E-state index in [1.165, 1.54) is 0 Å². The van der Waals surface area contributed by atoms with Gasteiger partial charge in [0.2, 0.25) is 12.3 Å². The van der Waals surface area contributed by atoms with Crippen molar-refractivity contribution in [2.24, 2.45) is 0 Å². The highest BCUT2D eigenvalue weighted by Crippen LogP contribution is 2.32. The number of hydrogen-bond donors (Lipinski definition) is 1. The molecule has 2 aromatic carbocycles. The highest BCUT2D eigenvalue weighted by atomic mass is 16.5. The van der Waals surface area contributed by atoms with Gasteiger partial charge in [0.05, 0.1) is 12.8 Å². The second-order valence-electron chi connectivity index (χ2n) is 8.27. The Hall–Kier alpha value is -4.14. The van der Waals surface area contributed by atoms with Crippen molar-refractivity contribution in [2.75, 3.05) is 35.3 Å². The van der Waals surface area contributed by atoms with Crippen LogP contribution in [0.3, 0.4) is 0 Å². The molecule has 0 aliphatic carbocycles. The summed E-state index contributed by atoms with van der Waals surface area (Å²) in [6.45, 7) is 1.17. The third-order valence-corrected chi connectivity index (χ3v) is 6.33. The van der Waals surface area contributed by atoms with Crippen molar-refractivity contribution in [1.82, 2.24) is 9.78 Å². The summed E-state index contributed by atoms with van der Waals surface area (Å²) in [7, 11) is 1.59. The van der Waals surface area contributed by atoms with Crippen molar-refractivity contribution in [1.29, 1.82) is 0 Å². The monoisotopic (exact) mass is 459 g/mol. The van der Waals surface area contributed by atoms with Crippen LogP contribution in [0.25, 0.3) is 5.69 Å². The van der Waals surface area contributed by atoms with Gasteiger partial charge in [-0.05, 0) is 67.8 Å². The molecule has 1 saturated heterocycles. The summed E-state index contributed by atoms with van der Waals surface area (Å²) < 4.78 is 6.79. The summed E-state index contributed by atoms with van der Waals surface area (Å²) in [5.41, 5.74) is 3.40. The van der Waals surface area contributed by atoms with Crippen LogP contribution < -0.4 is 19.9 Å². The Labute approximate surface area is 196 Å². The van der Waals surface area contributed by atoms with Crippen molar-refractivity contribution in [2.45, 2.75) is 25.7 Å². The summed E-state index contributed by atoms with van der Waals surface area (Å²) in [4.78, 5) is 40.6. The van der Waals surface area contributed by atoms with Gasteiger partial charge in [-0.25, -0.2) is 4.68 Å². The van der Waals surface area contributed by atoms with Crippen LogP contribution in [0.15, 0.2) is 48.5 Å². The summed E-state index contributed by atoms with van der Waals surface area (Å²) in [5, 5.41) is 7.14. The van der Waals surface area contributed by atoms with Gasteiger partial charge in [0.25, 0.3) is 5.91 Å². The molecule has 1 aromatic heterocycles. The normalized spacial score (nSPS) is 15.8. The number of ether oxygens (including phenoxy) is 1. The first-order valence-corrected chi connectivity index (χ1v) is 11.3. The molecule has 0 saturated carbocycles. The lowest BCUT2D eigenvalue weighted by molar-refractivity contribution is -0.119. The number of nitrogens with zero attached hydrogens (tertiary/aromatic N) is 4. The van der Waals surface area contributed by atoms with E-state index in [0.29, 0.717) is 54.3 Å². The Bertz CT molecular complexity index is 1230. The zero-order valence-electron chi connectivity index (χ0n) is 18.9.